The second-order valence-corrected chi connectivity index (χ2v) is 2.93. The summed E-state index contributed by atoms with van der Waals surface area (Å²) in [6, 6.07) is 8.83. The van der Waals surface area contributed by atoms with Crippen LogP contribution in [0.25, 0.3) is 0 Å². The summed E-state index contributed by atoms with van der Waals surface area (Å²) in [5, 5.41) is 12.1. The van der Waals surface area contributed by atoms with Crippen molar-refractivity contribution in [3.63, 3.8) is 0 Å². The number of hydrazone groups is 1. The molecule has 0 aromatic heterocycles. The molecule has 0 bridgehead atoms. The molecule has 0 spiro atoms. The highest BCUT2D eigenvalue weighted by molar-refractivity contribution is 6.31. The van der Waals surface area contributed by atoms with Gasteiger partial charge in [0.05, 0.1) is 11.6 Å². The summed E-state index contributed by atoms with van der Waals surface area (Å²) >= 11 is 0. The molecule has 0 fully saturated rings. The van der Waals surface area contributed by atoms with E-state index < -0.39 is 0 Å². The average molecular weight is 216 g/mol. The van der Waals surface area contributed by atoms with Crippen LogP contribution >= 0.6 is 0 Å². The SMILES string of the molecule is CN=C/C(COc1ccc(C#N)cc1)=N\N. The molecule has 0 unspecified atom stereocenters. The summed E-state index contributed by atoms with van der Waals surface area (Å²) in [6.07, 6.45) is 1.53. The van der Waals surface area contributed by atoms with Gasteiger partial charge in [-0.25, -0.2) is 0 Å². The van der Waals surface area contributed by atoms with Crippen LogP contribution in [0.1, 0.15) is 5.56 Å². The van der Waals surface area contributed by atoms with Crippen molar-refractivity contribution in [2.45, 2.75) is 0 Å². The van der Waals surface area contributed by atoms with E-state index >= 15 is 0 Å². The van der Waals surface area contributed by atoms with E-state index in [2.05, 4.69) is 10.1 Å². The Balaban J connectivity index is 2.58. The largest absolute Gasteiger partial charge is 0.487 e. The highest BCUT2D eigenvalue weighted by Gasteiger charge is 1.98. The molecule has 5 heteroatoms. The summed E-state index contributed by atoms with van der Waals surface area (Å²) in [5.41, 5.74) is 1.14. The fourth-order valence-electron chi connectivity index (χ4n) is 1.04. The molecule has 16 heavy (non-hydrogen) atoms. The van der Waals surface area contributed by atoms with Crippen molar-refractivity contribution >= 4 is 11.9 Å². The van der Waals surface area contributed by atoms with Gasteiger partial charge in [0, 0.05) is 13.3 Å². The van der Waals surface area contributed by atoms with Crippen molar-refractivity contribution in [1.82, 2.24) is 0 Å². The van der Waals surface area contributed by atoms with Crippen molar-refractivity contribution in [2.75, 3.05) is 13.7 Å². The summed E-state index contributed by atoms with van der Waals surface area (Å²) in [5.74, 6) is 5.80. The maximum absolute atomic E-state index is 8.61. The first kappa shape index (κ1) is 11.7. The predicted octanol–water partition coefficient (Wildman–Crippen LogP) is 0.952. The Kier molecular flexibility index (Phi) is 4.54. The van der Waals surface area contributed by atoms with Crippen molar-refractivity contribution in [3.8, 4) is 11.8 Å². The molecular weight excluding hydrogens is 204 g/mol. The standard InChI is InChI=1S/C11H12N4O/c1-14-7-10(15-13)8-16-11-4-2-9(6-12)3-5-11/h2-5,7H,8,13H2,1H3/b14-7?,15-10+. The normalized spacial score (nSPS) is 11.4. The van der Waals surface area contributed by atoms with Crippen LogP contribution in [0.15, 0.2) is 34.4 Å². The number of ether oxygens (including phenoxy) is 1. The summed E-state index contributed by atoms with van der Waals surface area (Å²) in [4.78, 5) is 3.79. The molecule has 0 saturated heterocycles. The molecule has 0 atom stereocenters. The van der Waals surface area contributed by atoms with Crippen LogP contribution in [-0.2, 0) is 0 Å². The van der Waals surface area contributed by atoms with Crippen LogP contribution in [0.5, 0.6) is 5.75 Å². The fourth-order valence-corrected chi connectivity index (χ4v) is 1.04. The van der Waals surface area contributed by atoms with Crippen molar-refractivity contribution in [2.24, 2.45) is 15.9 Å². The number of rotatable bonds is 4. The van der Waals surface area contributed by atoms with Gasteiger partial charge in [0.25, 0.3) is 0 Å². The van der Waals surface area contributed by atoms with E-state index in [4.69, 9.17) is 15.8 Å². The van der Waals surface area contributed by atoms with E-state index in [0.717, 1.165) is 0 Å². The number of aliphatic imine (C=N–C) groups is 1. The first-order chi connectivity index (χ1) is 7.80. The quantitative estimate of drug-likeness (QED) is 0.462. The van der Waals surface area contributed by atoms with Gasteiger partial charge in [0.1, 0.15) is 18.1 Å². The van der Waals surface area contributed by atoms with E-state index in [1.807, 2.05) is 6.07 Å². The van der Waals surface area contributed by atoms with E-state index in [0.29, 0.717) is 17.0 Å². The van der Waals surface area contributed by atoms with Gasteiger partial charge in [-0.15, -0.1) is 0 Å². The van der Waals surface area contributed by atoms with Crippen LogP contribution < -0.4 is 10.6 Å². The van der Waals surface area contributed by atoms with Gasteiger partial charge < -0.3 is 10.6 Å². The molecule has 1 aromatic carbocycles. The molecule has 82 valence electrons. The van der Waals surface area contributed by atoms with Crippen molar-refractivity contribution in [1.29, 1.82) is 5.26 Å². The van der Waals surface area contributed by atoms with Gasteiger partial charge in [-0.05, 0) is 24.3 Å². The van der Waals surface area contributed by atoms with Crippen molar-refractivity contribution in [3.05, 3.63) is 29.8 Å². The minimum absolute atomic E-state index is 0.250. The Hall–Kier alpha value is -2.35. The summed E-state index contributed by atoms with van der Waals surface area (Å²) in [6.45, 7) is 0.250. The zero-order chi connectivity index (χ0) is 11.8. The van der Waals surface area contributed by atoms with Crippen LogP contribution in [0.4, 0.5) is 0 Å². The molecule has 1 rings (SSSR count). The van der Waals surface area contributed by atoms with Gasteiger partial charge >= 0.3 is 0 Å². The smallest absolute Gasteiger partial charge is 0.134 e. The van der Waals surface area contributed by atoms with Crippen LogP contribution in [0, 0.1) is 11.3 Å². The topological polar surface area (TPSA) is 83.8 Å². The number of nitrogens with two attached hydrogens (primary N) is 1. The number of hydrogen-bond acceptors (Lipinski definition) is 5. The molecule has 0 radical (unpaired) electrons. The fraction of sp³-hybridized carbons (Fsp3) is 0.182. The maximum Gasteiger partial charge on any atom is 0.134 e. The van der Waals surface area contributed by atoms with Crippen LogP contribution in [0.2, 0.25) is 0 Å². The van der Waals surface area contributed by atoms with Gasteiger partial charge in [-0.2, -0.15) is 10.4 Å². The van der Waals surface area contributed by atoms with Gasteiger partial charge in [-0.3, -0.25) is 4.99 Å². The van der Waals surface area contributed by atoms with E-state index in [1.54, 1.807) is 31.3 Å². The Morgan fingerprint density at radius 3 is 2.69 bits per heavy atom. The van der Waals surface area contributed by atoms with Gasteiger partial charge in [0.2, 0.25) is 0 Å². The van der Waals surface area contributed by atoms with E-state index in [-0.39, 0.29) is 6.61 Å². The monoisotopic (exact) mass is 216 g/mol. The van der Waals surface area contributed by atoms with E-state index in [9.17, 15) is 0 Å². The third-order valence-electron chi connectivity index (χ3n) is 1.81. The van der Waals surface area contributed by atoms with Crippen LogP contribution in [0.3, 0.4) is 0 Å². The highest BCUT2D eigenvalue weighted by Crippen LogP contribution is 2.11. The lowest BCUT2D eigenvalue weighted by molar-refractivity contribution is 0.378. The average Bonchev–Trinajstić information content (AvgIpc) is 2.35. The zero-order valence-electron chi connectivity index (χ0n) is 8.92. The molecule has 0 aliphatic carbocycles. The third kappa shape index (κ3) is 3.42. The Morgan fingerprint density at radius 2 is 2.19 bits per heavy atom. The number of nitrogens with zero attached hydrogens (tertiary/aromatic N) is 3. The second kappa shape index (κ2) is 6.19. The maximum atomic E-state index is 8.61. The first-order valence-electron chi connectivity index (χ1n) is 4.62. The summed E-state index contributed by atoms with van der Waals surface area (Å²) in [7, 11) is 1.63. The molecule has 0 heterocycles. The molecule has 0 saturated carbocycles. The second-order valence-electron chi connectivity index (χ2n) is 2.93. The Bertz CT molecular complexity index is 428. The van der Waals surface area contributed by atoms with Gasteiger partial charge in [-0.1, -0.05) is 0 Å². The van der Waals surface area contributed by atoms with Gasteiger partial charge in [0.15, 0.2) is 0 Å². The Labute approximate surface area is 93.9 Å². The molecule has 2 N–H and O–H groups in total. The molecule has 5 nitrogen and oxygen atoms in total. The predicted molar refractivity (Wildman–Crippen MR) is 62.7 cm³/mol. The Morgan fingerprint density at radius 1 is 1.50 bits per heavy atom. The lowest BCUT2D eigenvalue weighted by Crippen LogP contribution is -2.14. The number of nitriles is 1. The number of benzene rings is 1. The number of hydrogen-bond donors (Lipinski definition) is 1. The molecular formula is C11H12N4O. The van der Waals surface area contributed by atoms with Crippen LogP contribution in [-0.4, -0.2) is 25.6 Å². The van der Waals surface area contributed by atoms with E-state index in [1.165, 1.54) is 6.21 Å². The lowest BCUT2D eigenvalue weighted by Gasteiger charge is -2.04. The molecule has 0 amide bonds. The first-order valence-corrected chi connectivity index (χ1v) is 4.62. The molecule has 0 aliphatic heterocycles. The third-order valence-corrected chi connectivity index (χ3v) is 1.81. The minimum atomic E-state index is 0.250. The molecule has 1 aromatic rings. The zero-order valence-corrected chi connectivity index (χ0v) is 8.92. The summed E-state index contributed by atoms with van der Waals surface area (Å²) < 4.78 is 5.40. The highest BCUT2D eigenvalue weighted by atomic mass is 16.5. The lowest BCUT2D eigenvalue weighted by atomic mass is 10.2. The molecule has 0 aliphatic rings. The van der Waals surface area contributed by atoms with Crippen molar-refractivity contribution < 1.29 is 4.74 Å². The minimum Gasteiger partial charge on any atom is -0.487 e.